The molecule has 2 rings (SSSR count). The molecule has 0 atom stereocenters. The molecule has 0 bridgehead atoms. The van der Waals surface area contributed by atoms with Crippen LogP contribution in [-0.4, -0.2) is 38.6 Å². The topological polar surface area (TPSA) is 15.3 Å². The summed E-state index contributed by atoms with van der Waals surface area (Å²) in [6, 6.07) is 19.3. The molecule has 0 unspecified atom stereocenters. The maximum atomic E-state index is 3.44. The second-order valence-electron chi connectivity index (χ2n) is 5.84. The lowest BCUT2D eigenvalue weighted by Crippen LogP contribution is -2.26. The van der Waals surface area contributed by atoms with Crippen LogP contribution in [0.4, 0.5) is 0 Å². The van der Waals surface area contributed by atoms with E-state index in [2.05, 4.69) is 85.8 Å². The van der Waals surface area contributed by atoms with Crippen molar-refractivity contribution in [1.29, 1.82) is 0 Å². The van der Waals surface area contributed by atoms with Crippen molar-refractivity contribution < 1.29 is 0 Å². The Hall–Kier alpha value is -1.90. The summed E-state index contributed by atoms with van der Waals surface area (Å²) in [6.07, 6.45) is 2.26. The predicted octanol–water partition coefficient (Wildman–Crippen LogP) is 3.91. The number of nitrogens with one attached hydrogen (secondary N) is 1. The van der Waals surface area contributed by atoms with Gasteiger partial charge in [0, 0.05) is 19.6 Å². The van der Waals surface area contributed by atoms with Gasteiger partial charge in [-0.25, -0.2) is 0 Å². The highest BCUT2D eigenvalue weighted by Gasteiger charge is 1.99. The van der Waals surface area contributed by atoms with Crippen molar-refractivity contribution in [2.75, 3.05) is 33.7 Å². The lowest BCUT2D eigenvalue weighted by atomic mass is 10.0. The van der Waals surface area contributed by atoms with E-state index in [0.29, 0.717) is 0 Å². The molecule has 0 fully saturated rings. The van der Waals surface area contributed by atoms with Gasteiger partial charge in [-0.1, -0.05) is 60.7 Å². The fourth-order valence-electron chi connectivity index (χ4n) is 2.30. The molecule has 0 spiro atoms. The Balaban J connectivity index is 1.92. The molecule has 0 aliphatic carbocycles. The molecule has 22 heavy (non-hydrogen) atoms. The molecule has 2 heteroatoms. The number of hydrogen-bond donors (Lipinski definition) is 1. The molecule has 0 saturated heterocycles. The van der Waals surface area contributed by atoms with Gasteiger partial charge < -0.3 is 10.2 Å². The monoisotopic (exact) mass is 294 g/mol. The zero-order valence-electron chi connectivity index (χ0n) is 13.8. The van der Waals surface area contributed by atoms with E-state index in [-0.39, 0.29) is 0 Å². The second-order valence-corrected chi connectivity index (χ2v) is 5.84. The molecule has 0 aliphatic rings. The van der Waals surface area contributed by atoms with Gasteiger partial charge in [-0.2, -0.15) is 0 Å². The van der Waals surface area contributed by atoms with Crippen LogP contribution in [-0.2, 0) is 0 Å². The Bertz CT molecular complexity index is 583. The number of hydrogen-bond acceptors (Lipinski definition) is 2. The van der Waals surface area contributed by atoms with Crippen molar-refractivity contribution in [3.8, 4) is 11.1 Å². The van der Waals surface area contributed by atoms with Gasteiger partial charge in [0.2, 0.25) is 0 Å². The summed E-state index contributed by atoms with van der Waals surface area (Å²) in [5.74, 6) is 0. The number of nitrogens with zero attached hydrogens (tertiary/aromatic N) is 1. The molecule has 1 N–H and O–H groups in total. The van der Waals surface area contributed by atoms with E-state index in [9.17, 15) is 0 Å². The number of likely N-dealkylation sites (N-methyl/N-ethyl adjacent to an activating group) is 1. The zero-order chi connectivity index (χ0) is 15.8. The predicted molar refractivity (Wildman–Crippen MR) is 97.0 cm³/mol. The van der Waals surface area contributed by atoms with Crippen LogP contribution in [0.2, 0.25) is 0 Å². The SMILES string of the molecule is CC(=CCNCCN(C)C)c1ccc(-c2ccccc2)cc1. The maximum Gasteiger partial charge on any atom is 0.0141 e. The highest BCUT2D eigenvalue weighted by atomic mass is 15.1. The van der Waals surface area contributed by atoms with Crippen molar-refractivity contribution in [3.05, 3.63) is 66.2 Å². The summed E-state index contributed by atoms with van der Waals surface area (Å²) >= 11 is 0. The smallest absolute Gasteiger partial charge is 0.0141 e. The van der Waals surface area contributed by atoms with Crippen molar-refractivity contribution >= 4 is 5.57 Å². The average Bonchev–Trinajstić information content (AvgIpc) is 2.55. The van der Waals surface area contributed by atoms with Gasteiger partial charge in [0.15, 0.2) is 0 Å². The minimum absolute atomic E-state index is 0.917. The van der Waals surface area contributed by atoms with Crippen LogP contribution in [0.3, 0.4) is 0 Å². The van der Waals surface area contributed by atoms with Gasteiger partial charge >= 0.3 is 0 Å². The maximum absolute atomic E-state index is 3.44. The minimum atomic E-state index is 0.917. The van der Waals surface area contributed by atoms with Gasteiger partial charge in [-0.3, -0.25) is 0 Å². The Morgan fingerprint density at radius 1 is 0.955 bits per heavy atom. The Morgan fingerprint density at radius 3 is 2.23 bits per heavy atom. The van der Waals surface area contributed by atoms with Gasteiger partial charge in [-0.05, 0) is 43.3 Å². The third kappa shape index (κ3) is 5.14. The normalized spacial score (nSPS) is 11.9. The second kappa shape index (κ2) is 8.52. The van der Waals surface area contributed by atoms with Crippen LogP contribution in [0.5, 0.6) is 0 Å². The van der Waals surface area contributed by atoms with E-state index < -0.39 is 0 Å². The number of rotatable bonds is 7. The Morgan fingerprint density at radius 2 is 1.59 bits per heavy atom. The Labute approximate surface area is 134 Å². The quantitative estimate of drug-likeness (QED) is 0.779. The average molecular weight is 294 g/mol. The molecule has 0 saturated carbocycles. The van der Waals surface area contributed by atoms with E-state index in [1.807, 2.05) is 6.07 Å². The molecule has 116 valence electrons. The summed E-state index contributed by atoms with van der Waals surface area (Å²) in [5, 5.41) is 3.44. The molecule has 2 aromatic carbocycles. The first kappa shape index (κ1) is 16.5. The summed E-state index contributed by atoms with van der Waals surface area (Å²) in [7, 11) is 4.19. The van der Waals surface area contributed by atoms with Crippen molar-refractivity contribution in [2.24, 2.45) is 0 Å². The van der Waals surface area contributed by atoms with Crippen LogP contribution in [0.1, 0.15) is 12.5 Å². The van der Waals surface area contributed by atoms with E-state index >= 15 is 0 Å². The zero-order valence-corrected chi connectivity index (χ0v) is 13.8. The molecule has 2 nitrogen and oxygen atoms in total. The van der Waals surface area contributed by atoms with Crippen molar-refractivity contribution in [1.82, 2.24) is 10.2 Å². The summed E-state index contributed by atoms with van der Waals surface area (Å²) < 4.78 is 0. The first-order chi connectivity index (χ1) is 10.7. The molecule has 0 heterocycles. The lowest BCUT2D eigenvalue weighted by Gasteiger charge is -2.09. The van der Waals surface area contributed by atoms with Crippen LogP contribution in [0.15, 0.2) is 60.7 Å². The highest BCUT2D eigenvalue weighted by Crippen LogP contribution is 2.21. The fourth-order valence-corrected chi connectivity index (χ4v) is 2.30. The fraction of sp³-hybridized carbons (Fsp3) is 0.300. The van der Waals surface area contributed by atoms with Crippen LogP contribution < -0.4 is 5.32 Å². The lowest BCUT2D eigenvalue weighted by molar-refractivity contribution is 0.404. The van der Waals surface area contributed by atoms with Crippen molar-refractivity contribution in [3.63, 3.8) is 0 Å². The summed E-state index contributed by atoms with van der Waals surface area (Å²) in [4.78, 5) is 2.19. The number of benzene rings is 2. The highest BCUT2D eigenvalue weighted by molar-refractivity contribution is 5.69. The van der Waals surface area contributed by atoms with Gasteiger partial charge in [0.05, 0.1) is 0 Å². The number of allylic oxidation sites excluding steroid dienone is 1. The molecule has 0 aromatic heterocycles. The van der Waals surface area contributed by atoms with Crippen LogP contribution in [0.25, 0.3) is 16.7 Å². The standard InChI is InChI=1S/C20H26N2/c1-17(13-14-21-15-16-22(2)3)18-9-11-20(12-10-18)19-7-5-4-6-8-19/h4-13,21H,14-16H2,1-3H3. The van der Waals surface area contributed by atoms with Crippen LogP contribution in [0, 0.1) is 0 Å². The summed E-state index contributed by atoms with van der Waals surface area (Å²) in [6.45, 7) is 5.17. The molecule has 0 radical (unpaired) electrons. The largest absolute Gasteiger partial charge is 0.312 e. The third-order valence-electron chi connectivity index (χ3n) is 3.74. The minimum Gasteiger partial charge on any atom is -0.312 e. The Kier molecular flexibility index (Phi) is 6.38. The van der Waals surface area contributed by atoms with Crippen molar-refractivity contribution in [2.45, 2.75) is 6.92 Å². The van der Waals surface area contributed by atoms with Gasteiger partial charge in [0.1, 0.15) is 0 Å². The first-order valence-electron chi connectivity index (χ1n) is 7.85. The van der Waals surface area contributed by atoms with E-state index in [1.54, 1.807) is 0 Å². The molecule has 2 aromatic rings. The van der Waals surface area contributed by atoms with Crippen LogP contribution >= 0.6 is 0 Å². The molecular weight excluding hydrogens is 268 g/mol. The van der Waals surface area contributed by atoms with Gasteiger partial charge in [0.25, 0.3) is 0 Å². The van der Waals surface area contributed by atoms with E-state index in [1.165, 1.54) is 22.3 Å². The van der Waals surface area contributed by atoms with Gasteiger partial charge in [-0.15, -0.1) is 0 Å². The first-order valence-corrected chi connectivity index (χ1v) is 7.85. The third-order valence-corrected chi connectivity index (χ3v) is 3.74. The molecular formula is C20H26N2. The van der Waals surface area contributed by atoms with E-state index in [4.69, 9.17) is 0 Å². The molecule has 0 amide bonds. The molecule has 0 aliphatic heterocycles. The summed E-state index contributed by atoms with van der Waals surface area (Å²) in [5.41, 5.74) is 5.13. The van der Waals surface area contributed by atoms with E-state index in [0.717, 1.165) is 19.6 Å².